The number of carboxylic acid groups (broad SMARTS) is 1. The predicted octanol–water partition coefficient (Wildman–Crippen LogP) is -2.71. The van der Waals surface area contributed by atoms with E-state index in [1.54, 1.807) is 0 Å². The van der Waals surface area contributed by atoms with Crippen molar-refractivity contribution >= 4 is 19.9 Å². The van der Waals surface area contributed by atoms with Crippen molar-refractivity contribution in [2.75, 3.05) is 0 Å². The molecule has 0 aromatic heterocycles. The summed E-state index contributed by atoms with van der Waals surface area (Å²) in [7, 11) is -5.89. The molecule has 0 aliphatic heterocycles. The second-order valence-corrected chi connectivity index (χ2v) is 2.26. The van der Waals surface area contributed by atoms with E-state index in [0.717, 1.165) is 0 Å². The van der Waals surface area contributed by atoms with Crippen LogP contribution < -0.4 is 23.8 Å². The number of hydrogen-bond acceptors (Lipinski definition) is 5. The monoisotopic (exact) mass is 230 g/mol. The molecule has 0 unspecified atom stereocenters. The van der Waals surface area contributed by atoms with Crippen LogP contribution in [0.25, 0.3) is 0 Å². The molecule has 0 aliphatic carbocycles. The minimum atomic E-state index is -5.89. The van der Waals surface area contributed by atoms with E-state index < -0.39 is 26.3 Å². The van der Waals surface area contributed by atoms with E-state index in [2.05, 4.69) is 4.94 Å². The second kappa shape index (κ2) is 9.09. The van der Waals surface area contributed by atoms with Crippen molar-refractivity contribution in [2.45, 2.75) is 6.42 Å². The van der Waals surface area contributed by atoms with E-state index in [9.17, 15) is 22.5 Å². The number of carbonyl (C=O) groups excluding carboxylic acids is 1. The molecule has 14 heavy (non-hydrogen) atoms. The minimum Gasteiger partial charge on any atom is -0.749 e. The van der Waals surface area contributed by atoms with Gasteiger partial charge in [0.25, 0.3) is 0 Å². The van der Waals surface area contributed by atoms with Crippen molar-refractivity contribution in [3.8, 4) is 0 Å². The quantitative estimate of drug-likeness (QED) is 0.314. The molecule has 1 N–H and O–H groups in total. The molecule has 0 radical (unpaired) electrons. The van der Waals surface area contributed by atoms with Gasteiger partial charge in [0.15, 0.2) is 0 Å². The maximum Gasteiger partial charge on any atom is 1.00 e. The zero-order valence-corrected chi connectivity index (χ0v) is 7.67. The van der Waals surface area contributed by atoms with Gasteiger partial charge >= 0.3 is 38.8 Å². The number of carbonyl (C=O) groups is 2. The van der Waals surface area contributed by atoms with Crippen LogP contribution in [0.5, 0.6) is 0 Å². The van der Waals surface area contributed by atoms with Crippen LogP contribution in [0.2, 0.25) is 0 Å². The fourth-order valence-corrected chi connectivity index (χ4v) is 0.151. The SMILES string of the molecule is O=C(O)CC(=O)OF.O=P([O-])(F)F.[Li+]. The summed E-state index contributed by atoms with van der Waals surface area (Å²) in [6.45, 7) is 0. The summed E-state index contributed by atoms with van der Waals surface area (Å²) in [5.41, 5.74) is 0. The maximum atomic E-state index is 10.6. The Morgan fingerprint density at radius 1 is 1.43 bits per heavy atom. The Labute approximate surface area is 87.8 Å². The van der Waals surface area contributed by atoms with Crippen LogP contribution in [0.15, 0.2) is 0 Å². The second-order valence-electron chi connectivity index (χ2n) is 1.43. The van der Waals surface area contributed by atoms with Gasteiger partial charge in [0.05, 0.1) is 0 Å². The molecule has 0 fully saturated rings. The van der Waals surface area contributed by atoms with Crippen molar-refractivity contribution in [3.05, 3.63) is 0 Å². The van der Waals surface area contributed by atoms with Crippen LogP contribution in [0, 0.1) is 0 Å². The number of hydrogen-bond donors (Lipinski definition) is 1. The minimum absolute atomic E-state index is 0. The largest absolute Gasteiger partial charge is 1.00 e. The van der Waals surface area contributed by atoms with Crippen LogP contribution in [0.1, 0.15) is 6.42 Å². The van der Waals surface area contributed by atoms with Crippen LogP contribution >= 0.6 is 7.99 Å². The number of aliphatic carboxylic acids is 1. The maximum absolute atomic E-state index is 10.6. The molecule has 78 valence electrons. The number of halogens is 3. The fraction of sp³-hybridized carbons (Fsp3) is 0.333. The van der Waals surface area contributed by atoms with Gasteiger partial charge in [-0.1, -0.05) is 0 Å². The number of carboxylic acids is 1. The summed E-state index contributed by atoms with van der Waals surface area (Å²) in [5.74, 6) is -2.80. The summed E-state index contributed by atoms with van der Waals surface area (Å²) in [6.07, 6.45) is -0.934. The summed E-state index contributed by atoms with van der Waals surface area (Å²) in [4.78, 5) is 30.0. The van der Waals surface area contributed by atoms with Gasteiger partial charge in [-0.2, -0.15) is 8.39 Å². The number of rotatable bonds is 2. The Hall–Kier alpha value is -0.483. The summed E-state index contributed by atoms with van der Waals surface area (Å²) in [6, 6.07) is 0. The van der Waals surface area contributed by atoms with Crippen LogP contribution in [0.4, 0.5) is 12.9 Å². The van der Waals surface area contributed by atoms with Gasteiger partial charge in [0, 0.05) is 4.53 Å². The van der Waals surface area contributed by atoms with Gasteiger partial charge < -0.3 is 10.00 Å². The van der Waals surface area contributed by atoms with E-state index in [1.165, 1.54) is 0 Å². The van der Waals surface area contributed by atoms with E-state index in [0.29, 0.717) is 0 Å². The molecule has 0 aliphatic rings. The molecule has 0 atom stereocenters. The van der Waals surface area contributed by atoms with E-state index in [4.69, 9.17) is 14.6 Å². The molecular weight excluding hydrogens is 227 g/mol. The smallest absolute Gasteiger partial charge is 0.749 e. The van der Waals surface area contributed by atoms with Crippen molar-refractivity contribution in [1.29, 1.82) is 0 Å². The summed E-state index contributed by atoms with van der Waals surface area (Å²) >= 11 is 0. The third-order valence-electron chi connectivity index (χ3n) is 0.382. The molecule has 0 saturated heterocycles. The first kappa shape index (κ1) is 19.1. The first-order chi connectivity index (χ1) is 5.66. The van der Waals surface area contributed by atoms with Gasteiger partial charge in [-0.25, -0.2) is 4.79 Å². The topological polar surface area (TPSA) is 104 Å². The average molecular weight is 230 g/mol. The van der Waals surface area contributed by atoms with Crippen LogP contribution in [0.3, 0.4) is 0 Å². The van der Waals surface area contributed by atoms with Crippen LogP contribution in [-0.2, 0) is 19.1 Å². The molecule has 0 amide bonds. The van der Waals surface area contributed by atoms with Crippen LogP contribution in [-0.4, -0.2) is 17.0 Å². The zero-order chi connectivity index (χ0) is 11.1. The molecule has 0 bridgehead atoms. The molecule has 0 aromatic carbocycles. The van der Waals surface area contributed by atoms with Gasteiger partial charge in [0.1, 0.15) is 6.42 Å². The molecule has 11 heteroatoms. The Morgan fingerprint density at radius 2 is 1.71 bits per heavy atom. The molecule has 0 aromatic rings. The molecular formula is C3H3F3LiO6P. The van der Waals surface area contributed by atoms with Gasteiger partial charge in [-0.15, -0.1) is 0 Å². The molecule has 6 nitrogen and oxygen atoms in total. The van der Waals surface area contributed by atoms with Crippen molar-refractivity contribution in [1.82, 2.24) is 0 Å². The van der Waals surface area contributed by atoms with Gasteiger partial charge in [-0.3, -0.25) is 14.3 Å². The molecule has 0 rings (SSSR count). The summed E-state index contributed by atoms with van der Waals surface area (Å²) < 4.78 is 39.0. The van der Waals surface area contributed by atoms with Crippen molar-refractivity contribution in [3.63, 3.8) is 0 Å². The van der Waals surface area contributed by atoms with E-state index >= 15 is 0 Å². The van der Waals surface area contributed by atoms with Crippen molar-refractivity contribution < 1.29 is 60.9 Å². The summed E-state index contributed by atoms with van der Waals surface area (Å²) in [5, 5.41) is 7.75. The Morgan fingerprint density at radius 3 is 1.79 bits per heavy atom. The van der Waals surface area contributed by atoms with E-state index in [1.807, 2.05) is 0 Å². The van der Waals surface area contributed by atoms with Gasteiger partial charge in [0.2, 0.25) is 0 Å². The normalized spacial score (nSPS) is 8.86. The van der Waals surface area contributed by atoms with Crippen molar-refractivity contribution in [2.24, 2.45) is 0 Å². The zero-order valence-electron chi connectivity index (χ0n) is 6.78. The predicted molar refractivity (Wildman–Crippen MR) is 29.3 cm³/mol. The third-order valence-corrected chi connectivity index (χ3v) is 0.382. The Balaban J connectivity index is -0.000000177. The van der Waals surface area contributed by atoms with Gasteiger partial charge in [-0.05, 0) is 0 Å². The Kier molecular flexibility index (Phi) is 12.4. The standard InChI is InChI=1S/C3H3FO4.F2HO2P.Li/c4-8-3(7)1-2(5)6;1-5(2,3)4;/h1H2,(H,5,6);(H,3,4);/q;;+1/p-1. The first-order valence-electron chi connectivity index (χ1n) is 2.40. The molecule has 0 saturated carbocycles. The third kappa shape index (κ3) is 41.9. The molecule has 0 spiro atoms. The molecule has 0 heterocycles. The Bertz CT molecular complexity index is 220. The average Bonchev–Trinajstić information content (AvgIpc) is 1.82. The fourth-order valence-electron chi connectivity index (χ4n) is 0.151. The first-order valence-corrected chi connectivity index (χ1v) is 3.81. The van der Waals surface area contributed by atoms with E-state index in [-0.39, 0.29) is 18.9 Å².